The van der Waals surface area contributed by atoms with Crippen LogP contribution in [0, 0.1) is 0 Å². The van der Waals surface area contributed by atoms with Crippen LogP contribution in [-0.4, -0.2) is 36.6 Å². The average Bonchev–Trinajstić information content (AvgIpc) is 2.75. The molecule has 15 heavy (non-hydrogen) atoms. The summed E-state index contributed by atoms with van der Waals surface area (Å²) in [7, 11) is 2.09. The fourth-order valence-corrected chi connectivity index (χ4v) is 2.60. The molecule has 1 N–H and O–H groups in total. The molecular weight excluding hydrogens is 184 g/mol. The van der Waals surface area contributed by atoms with Crippen LogP contribution in [0.15, 0.2) is 0 Å². The minimum atomic E-state index is 0.446. The Morgan fingerprint density at radius 3 is 2.60 bits per heavy atom. The molecule has 0 aromatic heterocycles. The summed E-state index contributed by atoms with van der Waals surface area (Å²) in [4.78, 5) is 2.70. The largest absolute Gasteiger partial charge is 0.316 e. The molecule has 1 aliphatic heterocycles. The van der Waals surface area contributed by atoms with Crippen LogP contribution in [0.5, 0.6) is 0 Å². The highest BCUT2D eigenvalue weighted by Crippen LogP contribution is 2.29. The van der Waals surface area contributed by atoms with Gasteiger partial charge in [-0.3, -0.25) is 4.90 Å². The topological polar surface area (TPSA) is 15.3 Å². The number of likely N-dealkylation sites (tertiary alicyclic amines) is 1. The summed E-state index contributed by atoms with van der Waals surface area (Å²) < 4.78 is 0. The summed E-state index contributed by atoms with van der Waals surface area (Å²) in [6.07, 6.45) is 6.64. The first-order chi connectivity index (χ1) is 7.16. The van der Waals surface area contributed by atoms with Crippen LogP contribution < -0.4 is 5.32 Å². The smallest absolute Gasteiger partial charge is 0.0204 e. The third-order valence-electron chi connectivity index (χ3n) is 4.19. The van der Waals surface area contributed by atoms with Crippen LogP contribution in [0.3, 0.4) is 0 Å². The molecule has 1 rings (SSSR count). The van der Waals surface area contributed by atoms with Gasteiger partial charge in [0.25, 0.3) is 0 Å². The molecule has 1 aliphatic rings. The van der Waals surface area contributed by atoms with Crippen molar-refractivity contribution in [2.24, 2.45) is 0 Å². The second-order valence-electron chi connectivity index (χ2n) is 5.17. The number of hydrogen-bond acceptors (Lipinski definition) is 2. The molecule has 0 spiro atoms. The quantitative estimate of drug-likeness (QED) is 0.728. The third kappa shape index (κ3) is 3.18. The van der Waals surface area contributed by atoms with Crippen molar-refractivity contribution >= 4 is 0 Å². The van der Waals surface area contributed by atoms with Crippen LogP contribution in [0.25, 0.3) is 0 Å². The van der Waals surface area contributed by atoms with E-state index in [1.807, 2.05) is 0 Å². The first kappa shape index (κ1) is 13.0. The predicted octanol–water partition coefficient (Wildman–Crippen LogP) is 2.64. The van der Waals surface area contributed by atoms with E-state index in [-0.39, 0.29) is 0 Å². The second kappa shape index (κ2) is 5.86. The van der Waals surface area contributed by atoms with Gasteiger partial charge in [-0.1, -0.05) is 26.7 Å². The van der Waals surface area contributed by atoms with E-state index >= 15 is 0 Å². The molecule has 0 bridgehead atoms. The molecule has 1 fully saturated rings. The summed E-state index contributed by atoms with van der Waals surface area (Å²) in [6, 6.07) is 0.720. The second-order valence-corrected chi connectivity index (χ2v) is 5.17. The molecule has 1 unspecified atom stereocenters. The SMILES string of the molecule is CCCCC(C)(CC)N1CC[C@@H](NC)C1. The Bertz CT molecular complexity index is 181. The number of likely N-dealkylation sites (N-methyl/N-ethyl adjacent to an activating group) is 1. The van der Waals surface area contributed by atoms with E-state index in [0.717, 1.165) is 6.04 Å². The highest BCUT2D eigenvalue weighted by molar-refractivity contribution is 4.92. The van der Waals surface area contributed by atoms with Gasteiger partial charge in [0.2, 0.25) is 0 Å². The van der Waals surface area contributed by atoms with Gasteiger partial charge < -0.3 is 5.32 Å². The summed E-state index contributed by atoms with van der Waals surface area (Å²) in [6.45, 7) is 9.59. The van der Waals surface area contributed by atoms with Crippen LogP contribution in [0.1, 0.15) is 52.9 Å². The first-order valence-corrected chi connectivity index (χ1v) is 6.58. The lowest BCUT2D eigenvalue weighted by molar-refractivity contribution is 0.114. The van der Waals surface area contributed by atoms with Crippen molar-refractivity contribution in [1.29, 1.82) is 0 Å². The first-order valence-electron chi connectivity index (χ1n) is 6.58. The van der Waals surface area contributed by atoms with Crippen LogP contribution in [0.2, 0.25) is 0 Å². The summed E-state index contributed by atoms with van der Waals surface area (Å²) in [5, 5.41) is 3.40. The Kier molecular flexibility index (Phi) is 5.07. The number of nitrogens with zero attached hydrogens (tertiary/aromatic N) is 1. The normalized spacial score (nSPS) is 26.8. The van der Waals surface area contributed by atoms with E-state index in [1.54, 1.807) is 0 Å². The van der Waals surface area contributed by atoms with Crippen molar-refractivity contribution in [3.8, 4) is 0 Å². The van der Waals surface area contributed by atoms with E-state index in [9.17, 15) is 0 Å². The van der Waals surface area contributed by atoms with Crippen molar-refractivity contribution in [3.05, 3.63) is 0 Å². The zero-order valence-electron chi connectivity index (χ0n) is 11.0. The molecule has 2 nitrogen and oxygen atoms in total. The maximum atomic E-state index is 3.40. The minimum Gasteiger partial charge on any atom is -0.316 e. The maximum Gasteiger partial charge on any atom is 0.0204 e. The Hall–Kier alpha value is -0.0800. The Morgan fingerprint density at radius 1 is 1.40 bits per heavy atom. The van der Waals surface area contributed by atoms with Gasteiger partial charge in [-0.05, 0) is 33.2 Å². The average molecular weight is 212 g/mol. The van der Waals surface area contributed by atoms with Gasteiger partial charge in [-0.15, -0.1) is 0 Å². The number of rotatable bonds is 6. The molecule has 0 aromatic carbocycles. The van der Waals surface area contributed by atoms with E-state index in [0.29, 0.717) is 5.54 Å². The number of unbranched alkanes of at least 4 members (excludes halogenated alkanes) is 1. The molecular formula is C13H28N2. The van der Waals surface area contributed by atoms with Crippen molar-refractivity contribution in [3.63, 3.8) is 0 Å². The fraction of sp³-hybridized carbons (Fsp3) is 1.00. The van der Waals surface area contributed by atoms with Gasteiger partial charge in [0, 0.05) is 24.7 Å². The highest BCUT2D eigenvalue weighted by Gasteiger charge is 2.34. The molecule has 1 saturated heterocycles. The predicted molar refractivity (Wildman–Crippen MR) is 67.3 cm³/mol. The lowest BCUT2D eigenvalue weighted by atomic mass is 9.90. The number of nitrogens with one attached hydrogen (secondary N) is 1. The standard InChI is InChI=1S/C13H28N2/c1-5-7-9-13(3,6-2)15-10-8-12(11-15)14-4/h12,14H,5-11H2,1-4H3/t12-,13?/m1/s1. The summed E-state index contributed by atoms with van der Waals surface area (Å²) >= 11 is 0. The molecule has 0 amide bonds. The lowest BCUT2D eigenvalue weighted by Crippen LogP contribution is -2.45. The molecule has 0 aromatic rings. The third-order valence-corrected chi connectivity index (χ3v) is 4.19. The molecule has 2 atom stereocenters. The van der Waals surface area contributed by atoms with E-state index < -0.39 is 0 Å². The van der Waals surface area contributed by atoms with Crippen molar-refractivity contribution in [2.75, 3.05) is 20.1 Å². The zero-order valence-corrected chi connectivity index (χ0v) is 11.0. The van der Waals surface area contributed by atoms with Crippen LogP contribution in [-0.2, 0) is 0 Å². The molecule has 0 saturated carbocycles. The van der Waals surface area contributed by atoms with Gasteiger partial charge in [-0.2, -0.15) is 0 Å². The Balaban J connectivity index is 2.50. The summed E-state index contributed by atoms with van der Waals surface area (Å²) in [5.41, 5.74) is 0.446. The summed E-state index contributed by atoms with van der Waals surface area (Å²) in [5.74, 6) is 0. The lowest BCUT2D eigenvalue weighted by Gasteiger charge is -2.38. The fourth-order valence-electron chi connectivity index (χ4n) is 2.60. The van der Waals surface area contributed by atoms with Gasteiger partial charge in [-0.25, -0.2) is 0 Å². The molecule has 90 valence electrons. The van der Waals surface area contributed by atoms with Crippen LogP contribution in [0.4, 0.5) is 0 Å². The van der Waals surface area contributed by atoms with Gasteiger partial charge >= 0.3 is 0 Å². The Morgan fingerprint density at radius 2 is 2.13 bits per heavy atom. The van der Waals surface area contributed by atoms with Gasteiger partial charge in [0.05, 0.1) is 0 Å². The molecule has 1 heterocycles. The van der Waals surface area contributed by atoms with Crippen molar-refractivity contribution in [2.45, 2.75) is 64.5 Å². The van der Waals surface area contributed by atoms with Crippen molar-refractivity contribution < 1.29 is 0 Å². The minimum absolute atomic E-state index is 0.446. The van der Waals surface area contributed by atoms with Crippen molar-refractivity contribution in [1.82, 2.24) is 10.2 Å². The van der Waals surface area contributed by atoms with E-state index in [1.165, 1.54) is 45.2 Å². The number of hydrogen-bond donors (Lipinski definition) is 1. The monoisotopic (exact) mass is 212 g/mol. The maximum absolute atomic E-state index is 3.40. The Labute approximate surface area is 95.4 Å². The highest BCUT2D eigenvalue weighted by atomic mass is 15.2. The van der Waals surface area contributed by atoms with Gasteiger partial charge in [0.15, 0.2) is 0 Å². The zero-order chi connectivity index (χ0) is 11.3. The van der Waals surface area contributed by atoms with Gasteiger partial charge in [0.1, 0.15) is 0 Å². The molecule has 2 heteroatoms. The van der Waals surface area contributed by atoms with E-state index in [2.05, 4.69) is 38.0 Å². The molecule has 0 radical (unpaired) electrons. The molecule has 0 aliphatic carbocycles. The van der Waals surface area contributed by atoms with E-state index in [4.69, 9.17) is 0 Å². The van der Waals surface area contributed by atoms with Crippen LogP contribution >= 0.6 is 0 Å².